The molecule has 1 saturated carbocycles. The number of nitrogens with zero attached hydrogens (tertiary/aromatic N) is 1. The molecule has 2 saturated heterocycles. The number of ether oxygens (including phenoxy) is 6. The summed E-state index contributed by atoms with van der Waals surface area (Å²) in [4.78, 5) is 38.6. The van der Waals surface area contributed by atoms with E-state index in [0.29, 0.717) is 25.0 Å². The van der Waals surface area contributed by atoms with E-state index < -0.39 is 84.6 Å². The average Bonchev–Trinajstić information content (AvgIpc) is 3.71. The van der Waals surface area contributed by atoms with E-state index in [1.165, 1.54) is 6.08 Å². The second-order valence-corrected chi connectivity index (χ2v) is 11.7. The van der Waals surface area contributed by atoms with E-state index in [4.69, 9.17) is 28.4 Å². The van der Waals surface area contributed by atoms with Gasteiger partial charge in [-0.15, -0.1) is 10.1 Å². The highest BCUT2D eigenvalue weighted by atomic mass is 19.3. The van der Waals surface area contributed by atoms with Crippen LogP contribution >= 0.6 is 0 Å². The number of esters is 2. The largest absolute Gasteiger partial charge is 0.487 e. The molecule has 2 heterocycles. The van der Waals surface area contributed by atoms with Crippen LogP contribution in [0.4, 0.5) is 8.78 Å². The molecule has 8 atom stereocenters. The van der Waals surface area contributed by atoms with Crippen LogP contribution in [0, 0.1) is 22.0 Å². The lowest BCUT2D eigenvalue weighted by Gasteiger charge is -2.20. The first-order valence-electron chi connectivity index (χ1n) is 15.8. The number of fused-ring (bicyclic) bond motifs is 1. The van der Waals surface area contributed by atoms with Crippen LogP contribution in [0.2, 0.25) is 0 Å². The molecule has 4 rings (SSSR count). The van der Waals surface area contributed by atoms with Gasteiger partial charge in [0.05, 0.1) is 32.0 Å². The fourth-order valence-corrected chi connectivity index (χ4v) is 5.83. The van der Waals surface area contributed by atoms with Gasteiger partial charge in [-0.1, -0.05) is 36.4 Å². The number of aliphatic hydroxyl groups excluding tert-OH is 2. The zero-order chi connectivity index (χ0) is 34.5. The Balaban J connectivity index is 1.12. The number of carbonyl (C=O) groups excluding carboxylic acids is 2. The molecule has 2 aliphatic heterocycles. The zero-order valence-electron chi connectivity index (χ0n) is 26.2. The van der Waals surface area contributed by atoms with Gasteiger partial charge in [-0.3, -0.25) is 4.79 Å². The molecule has 0 bridgehead atoms. The molecular weight excluding hydrogens is 644 g/mol. The number of unbranched alkanes of at least 4 members (excludes halogenated alkanes) is 1. The maximum Gasteiger partial charge on any atom is 0.332 e. The highest BCUT2D eigenvalue weighted by molar-refractivity contribution is 5.71. The number of halogens is 2. The van der Waals surface area contributed by atoms with Crippen LogP contribution in [0.25, 0.3) is 0 Å². The number of carbonyl (C=O) groups is 2. The lowest BCUT2D eigenvalue weighted by Crippen LogP contribution is -2.36. The smallest absolute Gasteiger partial charge is 0.332 e. The Morgan fingerprint density at radius 1 is 1.00 bits per heavy atom. The molecule has 14 nitrogen and oxygen atoms in total. The number of allylic oxidation sites excluding steroid dienone is 2. The van der Waals surface area contributed by atoms with Gasteiger partial charge in [0.25, 0.3) is 11.0 Å². The molecule has 0 aromatic heterocycles. The van der Waals surface area contributed by atoms with Gasteiger partial charge in [-0.2, -0.15) is 8.78 Å². The minimum atomic E-state index is -3.27. The van der Waals surface area contributed by atoms with E-state index in [0.717, 1.165) is 6.08 Å². The third-order valence-corrected chi connectivity index (χ3v) is 8.15. The van der Waals surface area contributed by atoms with Gasteiger partial charge in [0, 0.05) is 18.8 Å². The lowest BCUT2D eigenvalue weighted by atomic mass is 9.89. The quantitative estimate of drug-likeness (QED) is 0.0713. The third-order valence-electron chi connectivity index (χ3n) is 8.15. The summed E-state index contributed by atoms with van der Waals surface area (Å²) in [6.45, 7) is -1.67. The van der Waals surface area contributed by atoms with Crippen LogP contribution in [0.15, 0.2) is 54.6 Å². The van der Waals surface area contributed by atoms with Gasteiger partial charge in [0.15, 0.2) is 18.8 Å². The van der Waals surface area contributed by atoms with Crippen molar-refractivity contribution >= 4 is 11.9 Å². The van der Waals surface area contributed by atoms with E-state index >= 15 is 0 Å². The Bertz CT molecular complexity index is 1250. The van der Waals surface area contributed by atoms with Crippen molar-refractivity contribution in [1.29, 1.82) is 0 Å². The van der Waals surface area contributed by atoms with Gasteiger partial charge in [0.2, 0.25) is 0 Å². The van der Waals surface area contributed by atoms with Crippen molar-refractivity contribution < 1.29 is 66.9 Å². The molecule has 48 heavy (non-hydrogen) atoms. The van der Waals surface area contributed by atoms with Crippen molar-refractivity contribution in [3.63, 3.8) is 0 Å². The van der Waals surface area contributed by atoms with Gasteiger partial charge < -0.3 is 43.5 Å². The van der Waals surface area contributed by atoms with Crippen LogP contribution in [0.3, 0.4) is 0 Å². The summed E-state index contributed by atoms with van der Waals surface area (Å²) in [6.07, 6.45) is 2.76. The molecule has 1 aromatic carbocycles. The maximum atomic E-state index is 14.4. The summed E-state index contributed by atoms with van der Waals surface area (Å²) in [6, 6.07) is 8.27. The Morgan fingerprint density at radius 2 is 1.69 bits per heavy atom. The van der Waals surface area contributed by atoms with Crippen LogP contribution in [0.1, 0.15) is 32.1 Å². The fraction of sp³-hybridized carbons (Fsp3) is 0.625. The number of benzene rings is 1. The van der Waals surface area contributed by atoms with Crippen molar-refractivity contribution in [2.75, 3.05) is 39.6 Å². The Labute approximate surface area is 275 Å². The predicted octanol–water partition coefficient (Wildman–Crippen LogP) is 2.58. The molecule has 0 radical (unpaired) electrons. The molecular formula is C32H41F2NO13. The minimum Gasteiger partial charge on any atom is -0.487 e. The Morgan fingerprint density at radius 3 is 2.38 bits per heavy atom. The number of alkyl halides is 2. The second kappa shape index (κ2) is 18.2. The normalized spacial score (nSPS) is 28.5. The van der Waals surface area contributed by atoms with Crippen LogP contribution in [-0.2, 0) is 38.1 Å². The Kier molecular flexibility index (Phi) is 14.1. The molecule has 2 N–H and O–H groups in total. The molecule has 3 fully saturated rings. The summed E-state index contributed by atoms with van der Waals surface area (Å²) in [5.41, 5.74) is 0. The highest BCUT2D eigenvalue weighted by Crippen LogP contribution is 2.37. The number of para-hydroxylation sites is 1. The third kappa shape index (κ3) is 11.5. The number of hydrogen-bond donors (Lipinski definition) is 2. The van der Waals surface area contributed by atoms with Gasteiger partial charge in [-0.25, -0.2) is 4.79 Å². The van der Waals surface area contributed by atoms with Crippen molar-refractivity contribution in [1.82, 2.24) is 0 Å². The summed E-state index contributed by atoms with van der Waals surface area (Å²) < 4.78 is 61.2. The summed E-state index contributed by atoms with van der Waals surface area (Å²) in [7, 11) is 0. The minimum absolute atomic E-state index is 0.0405. The van der Waals surface area contributed by atoms with Gasteiger partial charge in [-0.05, 0) is 43.4 Å². The number of aliphatic hydroxyl groups is 2. The Hall–Kier alpha value is -3.70. The molecule has 0 amide bonds. The standard InChI is InChI=1S/C32H41F2NO13/c33-32(34,20-45-21-8-4-3-5-9-21)13-12-23-22(24(36)16-25(23)37)10-6-1-2-7-11-28(38)47-26-17-43-31-27(18-44-30(26)31)48-29(39)19-42-14-15-46-35(40)41/h1,3-6,8-9,12-13,22-27,30-31,36-37H,2,7,10-11,14-20H2/t22-,23-,24+,25-,26-,27-,30-,31-/m1/s1. The van der Waals surface area contributed by atoms with E-state index in [9.17, 15) is 38.7 Å². The molecule has 1 aliphatic carbocycles. The van der Waals surface area contributed by atoms with Crippen LogP contribution in [0.5, 0.6) is 5.75 Å². The van der Waals surface area contributed by atoms with Crippen LogP contribution in [-0.4, -0.2) is 109 Å². The summed E-state index contributed by atoms with van der Waals surface area (Å²) in [5.74, 6) is -5.21. The van der Waals surface area contributed by atoms with E-state index in [1.807, 2.05) is 12.2 Å². The summed E-state index contributed by atoms with van der Waals surface area (Å²) in [5, 5.41) is 30.0. The SMILES string of the molecule is O=C(CCCC=CC[C@@H]1[C@@H](C=CC(F)(F)COc2ccccc2)[C@H](O)C[C@@H]1O)O[C@@H]1CO[C@H]2[C@@H]1OC[C@H]2OC(=O)COCCO[N+](=O)[O-]. The number of hydrogen-bond acceptors (Lipinski definition) is 13. The molecule has 0 spiro atoms. The van der Waals surface area contributed by atoms with Crippen molar-refractivity contribution in [2.45, 2.75) is 74.7 Å². The first-order chi connectivity index (χ1) is 23.0. The van der Waals surface area contributed by atoms with Gasteiger partial charge >= 0.3 is 11.9 Å². The van der Waals surface area contributed by atoms with E-state index in [2.05, 4.69) is 4.84 Å². The summed E-state index contributed by atoms with van der Waals surface area (Å²) >= 11 is 0. The van der Waals surface area contributed by atoms with Crippen LogP contribution < -0.4 is 4.74 Å². The van der Waals surface area contributed by atoms with E-state index in [1.54, 1.807) is 30.3 Å². The maximum absolute atomic E-state index is 14.4. The monoisotopic (exact) mass is 685 g/mol. The van der Waals surface area contributed by atoms with E-state index in [-0.39, 0.29) is 39.3 Å². The molecule has 0 unspecified atom stereocenters. The fourth-order valence-electron chi connectivity index (χ4n) is 5.83. The molecule has 266 valence electrons. The molecule has 16 heteroatoms. The number of rotatable bonds is 19. The second-order valence-electron chi connectivity index (χ2n) is 11.7. The molecule has 1 aromatic rings. The van der Waals surface area contributed by atoms with Crippen molar-refractivity contribution in [3.8, 4) is 5.75 Å². The van der Waals surface area contributed by atoms with Crippen molar-refractivity contribution in [3.05, 3.63) is 64.8 Å². The topological polar surface area (TPSA) is 182 Å². The average molecular weight is 686 g/mol. The first kappa shape index (κ1) is 37.1. The zero-order valence-corrected chi connectivity index (χ0v) is 26.2. The first-order valence-corrected chi connectivity index (χ1v) is 15.8. The van der Waals surface area contributed by atoms with Gasteiger partial charge in [0.1, 0.15) is 31.2 Å². The predicted molar refractivity (Wildman–Crippen MR) is 160 cm³/mol. The molecule has 3 aliphatic rings. The van der Waals surface area contributed by atoms with Crippen molar-refractivity contribution in [2.24, 2.45) is 11.8 Å². The lowest BCUT2D eigenvalue weighted by molar-refractivity contribution is -0.758. The highest BCUT2D eigenvalue weighted by Gasteiger charge is 2.51.